The minimum absolute atomic E-state index is 0.300. The van der Waals surface area contributed by atoms with Crippen molar-refractivity contribution in [2.45, 2.75) is 70.6 Å². The summed E-state index contributed by atoms with van der Waals surface area (Å²) in [4.78, 5) is 11.3. The Hall–Kier alpha value is -1.68. The summed E-state index contributed by atoms with van der Waals surface area (Å²) in [6, 6.07) is 5.88. The SMILES string of the molecule is O=C(O)C(=Cc1ccc(F)cc1)CCCCCCCCCCCCO. The molecule has 1 rings (SSSR count). The monoisotopic (exact) mass is 350 g/mol. The molecule has 3 nitrogen and oxygen atoms in total. The van der Waals surface area contributed by atoms with Gasteiger partial charge in [-0.2, -0.15) is 0 Å². The Bertz CT molecular complexity index is 508. The van der Waals surface area contributed by atoms with E-state index in [0.29, 0.717) is 18.6 Å². The number of halogens is 1. The summed E-state index contributed by atoms with van der Waals surface area (Å²) in [5.74, 6) is -1.21. The molecule has 0 atom stereocenters. The van der Waals surface area contributed by atoms with Crippen LogP contribution in [0.2, 0.25) is 0 Å². The Kier molecular flexibility index (Phi) is 11.6. The molecule has 0 heterocycles. The van der Waals surface area contributed by atoms with Crippen molar-refractivity contribution >= 4 is 12.0 Å². The molecule has 0 saturated carbocycles. The number of carboxylic acid groups (broad SMARTS) is 1. The van der Waals surface area contributed by atoms with E-state index in [1.54, 1.807) is 18.2 Å². The van der Waals surface area contributed by atoms with E-state index in [1.807, 2.05) is 0 Å². The quantitative estimate of drug-likeness (QED) is 0.340. The van der Waals surface area contributed by atoms with Gasteiger partial charge in [0, 0.05) is 12.2 Å². The fourth-order valence-corrected chi connectivity index (χ4v) is 2.84. The first-order valence-electron chi connectivity index (χ1n) is 9.44. The van der Waals surface area contributed by atoms with Crippen LogP contribution in [0.15, 0.2) is 29.8 Å². The lowest BCUT2D eigenvalue weighted by Gasteiger charge is -2.04. The van der Waals surface area contributed by atoms with Gasteiger partial charge in [-0.05, 0) is 43.0 Å². The van der Waals surface area contributed by atoms with Crippen molar-refractivity contribution < 1.29 is 19.4 Å². The molecule has 4 heteroatoms. The molecule has 0 saturated heterocycles. The van der Waals surface area contributed by atoms with E-state index in [2.05, 4.69) is 0 Å². The Morgan fingerprint density at radius 1 is 0.840 bits per heavy atom. The molecule has 0 aliphatic carbocycles. The highest BCUT2D eigenvalue weighted by Crippen LogP contribution is 2.16. The van der Waals surface area contributed by atoms with E-state index in [-0.39, 0.29) is 5.82 Å². The molecule has 140 valence electrons. The van der Waals surface area contributed by atoms with E-state index in [1.165, 1.54) is 44.2 Å². The van der Waals surface area contributed by atoms with Crippen LogP contribution in [-0.2, 0) is 4.79 Å². The summed E-state index contributed by atoms with van der Waals surface area (Å²) in [6.45, 7) is 0.300. The highest BCUT2D eigenvalue weighted by molar-refractivity contribution is 5.92. The summed E-state index contributed by atoms with van der Waals surface area (Å²) in [7, 11) is 0. The van der Waals surface area contributed by atoms with Crippen LogP contribution in [0.5, 0.6) is 0 Å². The smallest absolute Gasteiger partial charge is 0.331 e. The molecule has 0 bridgehead atoms. The third-order valence-electron chi connectivity index (χ3n) is 4.34. The minimum atomic E-state index is -0.896. The Balaban J connectivity index is 2.15. The van der Waals surface area contributed by atoms with Gasteiger partial charge >= 0.3 is 5.97 Å². The van der Waals surface area contributed by atoms with Crippen LogP contribution in [0.3, 0.4) is 0 Å². The van der Waals surface area contributed by atoms with Gasteiger partial charge in [-0.3, -0.25) is 0 Å². The lowest BCUT2D eigenvalue weighted by atomic mass is 10.0. The molecule has 0 unspecified atom stereocenters. The molecule has 25 heavy (non-hydrogen) atoms. The molecule has 0 fully saturated rings. The third-order valence-corrected chi connectivity index (χ3v) is 4.34. The molecule has 1 aromatic rings. The second kappa shape index (κ2) is 13.6. The summed E-state index contributed by atoms with van der Waals surface area (Å²) in [5.41, 5.74) is 1.11. The maximum Gasteiger partial charge on any atom is 0.331 e. The van der Waals surface area contributed by atoms with E-state index in [0.717, 1.165) is 37.7 Å². The van der Waals surface area contributed by atoms with Gasteiger partial charge in [-0.25, -0.2) is 9.18 Å². The highest BCUT2D eigenvalue weighted by atomic mass is 19.1. The topological polar surface area (TPSA) is 57.5 Å². The van der Waals surface area contributed by atoms with Crippen LogP contribution in [-0.4, -0.2) is 22.8 Å². The third kappa shape index (κ3) is 10.7. The average molecular weight is 350 g/mol. The first kappa shape index (κ1) is 21.4. The zero-order valence-electron chi connectivity index (χ0n) is 15.1. The van der Waals surface area contributed by atoms with Gasteiger partial charge < -0.3 is 10.2 Å². The molecule has 0 spiro atoms. The number of unbranched alkanes of at least 4 members (excludes halogenated alkanes) is 9. The highest BCUT2D eigenvalue weighted by Gasteiger charge is 2.07. The van der Waals surface area contributed by atoms with Crippen LogP contribution in [0.25, 0.3) is 6.08 Å². The van der Waals surface area contributed by atoms with E-state index < -0.39 is 5.97 Å². The molecular formula is C21H31FO3. The fourth-order valence-electron chi connectivity index (χ4n) is 2.84. The average Bonchev–Trinajstić information content (AvgIpc) is 2.60. The second-order valence-electron chi connectivity index (χ2n) is 6.54. The molecule has 0 aromatic heterocycles. The number of rotatable bonds is 14. The van der Waals surface area contributed by atoms with Gasteiger partial charge in [0.05, 0.1) is 0 Å². The van der Waals surface area contributed by atoms with Gasteiger partial charge in [0.15, 0.2) is 0 Å². The number of hydrogen-bond donors (Lipinski definition) is 2. The maximum atomic E-state index is 12.9. The maximum absolute atomic E-state index is 12.9. The number of aliphatic hydroxyl groups excluding tert-OH is 1. The normalized spacial score (nSPS) is 11.7. The Labute approximate surface area is 150 Å². The van der Waals surface area contributed by atoms with Crippen LogP contribution < -0.4 is 0 Å². The number of aliphatic carboxylic acids is 1. The van der Waals surface area contributed by atoms with Crippen molar-refractivity contribution in [3.63, 3.8) is 0 Å². The van der Waals surface area contributed by atoms with Crippen LogP contribution >= 0.6 is 0 Å². The minimum Gasteiger partial charge on any atom is -0.478 e. The lowest BCUT2D eigenvalue weighted by molar-refractivity contribution is -0.132. The summed E-state index contributed by atoms with van der Waals surface area (Å²) in [6.07, 6.45) is 13.4. The molecule has 0 aliphatic heterocycles. The predicted octanol–water partition coefficient (Wildman–Crippen LogP) is 5.58. The van der Waals surface area contributed by atoms with Crippen molar-refractivity contribution in [3.8, 4) is 0 Å². The van der Waals surface area contributed by atoms with Gasteiger partial charge in [0.2, 0.25) is 0 Å². The largest absolute Gasteiger partial charge is 0.478 e. The molecule has 0 radical (unpaired) electrons. The molecule has 2 N–H and O–H groups in total. The first-order chi connectivity index (χ1) is 12.1. The number of benzene rings is 1. The zero-order chi connectivity index (χ0) is 18.3. The number of aliphatic hydroxyl groups is 1. The standard InChI is InChI=1S/C21H31FO3/c22-20-14-12-18(13-15-20)17-19(21(24)25)11-9-7-5-3-1-2-4-6-8-10-16-23/h12-15,17,23H,1-11,16H2,(H,24,25). The first-order valence-corrected chi connectivity index (χ1v) is 9.44. The van der Waals surface area contributed by atoms with Crippen molar-refractivity contribution in [1.82, 2.24) is 0 Å². The molecule has 1 aromatic carbocycles. The molecule has 0 amide bonds. The van der Waals surface area contributed by atoms with Crippen molar-refractivity contribution in [1.29, 1.82) is 0 Å². The van der Waals surface area contributed by atoms with Crippen LogP contribution in [0, 0.1) is 5.82 Å². The number of carboxylic acids is 1. The summed E-state index contributed by atoms with van der Waals surface area (Å²) in [5, 5.41) is 18.0. The lowest BCUT2D eigenvalue weighted by Crippen LogP contribution is -2.00. The predicted molar refractivity (Wildman–Crippen MR) is 99.9 cm³/mol. The second-order valence-corrected chi connectivity index (χ2v) is 6.54. The fraction of sp³-hybridized carbons (Fsp3) is 0.571. The van der Waals surface area contributed by atoms with E-state index in [9.17, 15) is 14.3 Å². The van der Waals surface area contributed by atoms with Crippen molar-refractivity contribution in [2.24, 2.45) is 0 Å². The van der Waals surface area contributed by atoms with E-state index >= 15 is 0 Å². The number of carbonyl (C=O) groups is 1. The Morgan fingerprint density at radius 3 is 1.80 bits per heavy atom. The van der Waals surface area contributed by atoms with Gasteiger partial charge in [-0.15, -0.1) is 0 Å². The molecule has 0 aliphatic rings. The van der Waals surface area contributed by atoms with E-state index in [4.69, 9.17) is 5.11 Å². The van der Waals surface area contributed by atoms with Crippen LogP contribution in [0.4, 0.5) is 4.39 Å². The van der Waals surface area contributed by atoms with Gasteiger partial charge in [0.1, 0.15) is 5.82 Å². The van der Waals surface area contributed by atoms with Gasteiger partial charge in [-0.1, -0.05) is 63.5 Å². The number of hydrogen-bond acceptors (Lipinski definition) is 2. The summed E-state index contributed by atoms with van der Waals surface area (Å²) < 4.78 is 12.9. The van der Waals surface area contributed by atoms with Crippen LogP contribution in [0.1, 0.15) is 76.2 Å². The van der Waals surface area contributed by atoms with Crippen molar-refractivity contribution in [2.75, 3.05) is 6.61 Å². The molecular weight excluding hydrogens is 319 g/mol. The Morgan fingerprint density at radius 2 is 1.32 bits per heavy atom. The zero-order valence-corrected chi connectivity index (χ0v) is 15.1. The summed E-state index contributed by atoms with van der Waals surface area (Å²) >= 11 is 0. The van der Waals surface area contributed by atoms with Crippen molar-refractivity contribution in [3.05, 3.63) is 41.2 Å². The van der Waals surface area contributed by atoms with Gasteiger partial charge in [0.25, 0.3) is 0 Å².